The molecule has 13 heteroatoms. The van der Waals surface area contributed by atoms with Crippen LogP contribution in [-0.4, -0.2) is 4.35 Å². The molecule has 0 saturated carbocycles. The van der Waals surface area contributed by atoms with E-state index in [1.165, 1.54) is 21.2 Å². The van der Waals surface area contributed by atoms with Crippen LogP contribution in [0.3, 0.4) is 0 Å². The van der Waals surface area contributed by atoms with E-state index in [2.05, 4.69) is 148 Å². The van der Waals surface area contributed by atoms with Crippen LogP contribution in [0.4, 0.5) is 0 Å². The quantitative estimate of drug-likeness (QED) is 0.0954. The predicted molar refractivity (Wildman–Crippen MR) is 146 cm³/mol. The second kappa shape index (κ2) is 27.3. The Labute approximate surface area is 265 Å². The summed E-state index contributed by atoms with van der Waals surface area (Å²) in [6.45, 7) is 18.0. The van der Waals surface area contributed by atoms with Crippen LogP contribution in [-0.2, 0) is 35.7 Å². The minimum absolute atomic E-state index is 0. The molecular formula is C29H20ClMnO8P2S-. The summed E-state index contributed by atoms with van der Waals surface area (Å²) < 4.78 is 65.1. The molecule has 0 N–H and O–H groups in total. The SMILES string of the molecule is S=C(P(c1ccccc1)c1ccccc1)P(c1ccccc1)c1ccccc1.[C-]#[O+].[C-]#[O+].[C-]#[O+].[C-]#[O+].[Mn].[O-][Cl+3]([O-])([O-])[O-]. The maximum atomic E-state index is 8.49. The van der Waals surface area contributed by atoms with Crippen molar-refractivity contribution in [3.05, 3.63) is 148 Å². The molecule has 0 heterocycles. The molecule has 0 fully saturated rings. The van der Waals surface area contributed by atoms with Crippen LogP contribution in [0.2, 0.25) is 0 Å². The van der Waals surface area contributed by atoms with Gasteiger partial charge in [0, 0.05) is 17.1 Å². The molecule has 0 aliphatic rings. The van der Waals surface area contributed by atoms with Crippen molar-refractivity contribution in [3.63, 3.8) is 0 Å². The average Bonchev–Trinajstić information content (AvgIpc) is 3.03. The Kier molecular flexibility index (Phi) is 28.5. The van der Waals surface area contributed by atoms with Gasteiger partial charge in [-0.25, -0.2) is 18.6 Å². The van der Waals surface area contributed by atoms with E-state index in [9.17, 15) is 0 Å². The maximum absolute atomic E-state index is 8.49. The fourth-order valence-corrected chi connectivity index (χ4v) is 9.96. The molecule has 42 heavy (non-hydrogen) atoms. The van der Waals surface area contributed by atoms with Crippen molar-refractivity contribution in [1.82, 2.24) is 0 Å². The Morgan fingerprint density at radius 2 is 0.595 bits per heavy atom. The molecule has 0 atom stereocenters. The van der Waals surface area contributed by atoms with Gasteiger partial charge in [0.25, 0.3) is 0 Å². The zero-order valence-electron chi connectivity index (χ0n) is 21.4. The molecular weight excluding hydrogens is 661 g/mol. The molecule has 0 saturated heterocycles. The molecule has 0 aromatic heterocycles. The van der Waals surface area contributed by atoms with E-state index in [0.717, 1.165) is 4.35 Å². The minimum atomic E-state index is -4.94. The Balaban J connectivity index is -0.000000945. The molecule has 0 unspecified atom stereocenters. The van der Waals surface area contributed by atoms with Crippen LogP contribution in [0, 0.1) is 36.8 Å². The molecule has 8 nitrogen and oxygen atoms in total. The number of hydrogen-bond acceptors (Lipinski definition) is 5. The van der Waals surface area contributed by atoms with Gasteiger partial charge in [-0.2, -0.15) is 0 Å². The van der Waals surface area contributed by atoms with Crippen molar-refractivity contribution in [3.8, 4) is 0 Å². The average molecular weight is 681 g/mol. The predicted octanol–water partition coefficient (Wildman–Crippen LogP) is 0.629. The van der Waals surface area contributed by atoms with Gasteiger partial charge in [0.05, 0.1) is 4.35 Å². The maximum Gasteiger partial charge on any atom is 0 e. The number of benzene rings is 4. The van der Waals surface area contributed by atoms with Crippen molar-refractivity contribution in [2.24, 2.45) is 0 Å². The Morgan fingerprint density at radius 1 is 0.452 bits per heavy atom. The normalized spacial score (nSPS) is 8.90. The summed E-state index contributed by atoms with van der Waals surface area (Å²) in [5, 5.41) is 5.25. The minimum Gasteiger partial charge on any atom is -0.222 e. The molecule has 0 bridgehead atoms. The number of thiocarbonyl (C=S) groups is 1. The van der Waals surface area contributed by atoms with Crippen LogP contribution >= 0.6 is 28.1 Å². The summed E-state index contributed by atoms with van der Waals surface area (Å²) in [6, 6.07) is 42.9. The van der Waals surface area contributed by atoms with E-state index >= 15 is 0 Å². The molecule has 0 aliphatic heterocycles. The van der Waals surface area contributed by atoms with Gasteiger partial charge >= 0.3 is 45.2 Å². The second-order valence-corrected chi connectivity index (χ2v) is 13.1. The smallest absolute Gasteiger partial charge is 0 e. The summed E-state index contributed by atoms with van der Waals surface area (Å²) in [7, 11) is -6.42. The standard InChI is InChI=1S/C25H20P2S.4CO.ClHO4.Mn/c28-25(26(21-13-5-1-6-14-21)22-15-7-2-8-16-22)27(23-17-9-3-10-18-23)24-19-11-4-12-20-24;4*1-2;2-1(3,4)5;/h1-20H;;;;;(H,2,3,4,5);/p-1. The molecule has 215 valence electrons. The van der Waals surface area contributed by atoms with E-state index in [1.54, 1.807) is 0 Å². The first-order valence-electron chi connectivity index (χ1n) is 10.6. The second-order valence-electron chi connectivity index (χ2n) is 6.67. The Bertz CT molecular complexity index is 1130. The third kappa shape index (κ3) is 17.4. The van der Waals surface area contributed by atoms with E-state index < -0.39 is 26.1 Å². The van der Waals surface area contributed by atoms with Crippen LogP contribution in [0.15, 0.2) is 121 Å². The summed E-state index contributed by atoms with van der Waals surface area (Å²) in [6.07, 6.45) is 0. The zero-order chi connectivity index (χ0) is 31.7. The van der Waals surface area contributed by atoms with Crippen LogP contribution in [0.25, 0.3) is 0 Å². The zero-order valence-corrected chi connectivity index (χ0v) is 25.9. The Morgan fingerprint density at radius 3 is 0.738 bits per heavy atom. The van der Waals surface area contributed by atoms with Crippen LogP contribution in [0.1, 0.15) is 0 Å². The van der Waals surface area contributed by atoms with Crippen LogP contribution in [0.5, 0.6) is 0 Å². The largest absolute Gasteiger partial charge is 0.222 e. The molecule has 0 spiro atoms. The molecule has 4 rings (SSSR count). The summed E-state index contributed by atoms with van der Waals surface area (Å²) in [4.78, 5) is 0. The van der Waals surface area contributed by atoms with Crippen molar-refractivity contribution in [2.75, 3.05) is 0 Å². The fraction of sp³-hybridized carbons (Fsp3) is 0. The molecule has 0 amide bonds. The van der Waals surface area contributed by atoms with E-state index in [4.69, 9.17) is 49.5 Å². The first-order valence-corrected chi connectivity index (χ1v) is 14.9. The van der Waals surface area contributed by atoms with Gasteiger partial charge in [-0.05, 0) is 37.1 Å². The van der Waals surface area contributed by atoms with Crippen molar-refractivity contribution in [2.45, 2.75) is 0 Å². The van der Waals surface area contributed by atoms with E-state index in [1.807, 2.05) is 0 Å². The van der Waals surface area contributed by atoms with Gasteiger partial charge in [-0.3, -0.25) is 0 Å². The summed E-state index contributed by atoms with van der Waals surface area (Å²) >= 11 is 6.28. The third-order valence-electron chi connectivity index (χ3n) is 4.44. The molecule has 1 radical (unpaired) electrons. The molecule has 0 aliphatic carbocycles. The molecule has 4 aromatic carbocycles. The summed E-state index contributed by atoms with van der Waals surface area (Å²) in [5.74, 6) is 0. The van der Waals surface area contributed by atoms with E-state index in [-0.39, 0.29) is 17.1 Å². The van der Waals surface area contributed by atoms with Crippen molar-refractivity contribution in [1.29, 1.82) is 0 Å². The molecule has 4 aromatic rings. The van der Waals surface area contributed by atoms with Crippen molar-refractivity contribution < 1.29 is 64.6 Å². The first-order chi connectivity index (χ1) is 19.8. The number of rotatable bonds is 6. The van der Waals surface area contributed by atoms with Gasteiger partial charge in [-0.1, -0.05) is 134 Å². The third-order valence-corrected chi connectivity index (χ3v) is 10.8. The van der Waals surface area contributed by atoms with Crippen molar-refractivity contribution >= 4 is 53.6 Å². The van der Waals surface area contributed by atoms with Gasteiger partial charge in [0.1, 0.15) is 0 Å². The monoisotopic (exact) mass is 680 g/mol. The van der Waals surface area contributed by atoms with Gasteiger partial charge in [0.15, 0.2) is 0 Å². The fourth-order valence-electron chi connectivity index (χ4n) is 3.15. The van der Waals surface area contributed by atoms with E-state index in [0.29, 0.717) is 0 Å². The number of hydrogen-bond donors (Lipinski definition) is 0. The van der Waals surface area contributed by atoms with Gasteiger partial charge in [-0.15, -0.1) is 10.2 Å². The first kappa shape index (κ1) is 43.9. The van der Waals surface area contributed by atoms with Crippen LogP contribution < -0.4 is 39.9 Å². The van der Waals surface area contributed by atoms with Gasteiger partial charge in [0.2, 0.25) is 0 Å². The topological polar surface area (TPSA) is 172 Å². The summed E-state index contributed by atoms with van der Waals surface area (Å²) in [5.41, 5.74) is 0. The Hall–Kier alpha value is -2.56. The number of halogens is 1. The van der Waals surface area contributed by atoms with Gasteiger partial charge < -0.3 is 0 Å².